The Labute approximate surface area is 126 Å². The third-order valence-electron chi connectivity index (χ3n) is 4.41. The Balaban J connectivity index is 1.95. The number of rotatable bonds is 6. The highest BCUT2D eigenvalue weighted by atomic mass is 19.1. The maximum absolute atomic E-state index is 13.7. The van der Waals surface area contributed by atoms with Crippen molar-refractivity contribution in [3.05, 3.63) is 35.4 Å². The lowest BCUT2D eigenvalue weighted by atomic mass is 9.91. The largest absolute Gasteiger partial charge is 0.314 e. The molecule has 2 atom stereocenters. The van der Waals surface area contributed by atoms with Crippen molar-refractivity contribution in [1.82, 2.24) is 10.2 Å². The monoisotopic (exact) mass is 296 g/mol. The van der Waals surface area contributed by atoms with Crippen LogP contribution in [0.1, 0.15) is 38.7 Å². The van der Waals surface area contributed by atoms with Gasteiger partial charge in [-0.05, 0) is 57.3 Å². The fraction of sp³-hybridized carbons (Fsp3) is 0.647. The summed E-state index contributed by atoms with van der Waals surface area (Å²) in [6.45, 7) is 7.60. The SMILES string of the molecule is CCCNC(C)C1CCCN(Cc2c(F)cccc2F)C1. The highest BCUT2D eigenvalue weighted by Gasteiger charge is 2.25. The summed E-state index contributed by atoms with van der Waals surface area (Å²) in [5, 5.41) is 3.53. The molecule has 21 heavy (non-hydrogen) atoms. The van der Waals surface area contributed by atoms with Crippen LogP contribution in [0.25, 0.3) is 0 Å². The second-order valence-corrected chi connectivity index (χ2v) is 6.08. The fourth-order valence-corrected chi connectivity index (χ4v) is 3.09. The Kier molecular flexibility index (Phi) is 6.12. The smallest absolute Gasteiger partial charge is 0.130 e. The number of piperidine rings is 1. The van der Waals surface area contributed by atoms with Gasteiger partial charge in [-0.1, -0.05) is 13.0 Å². The molecule has 4 heteroatoms. The molecule has 1 aliphatic heterocycles. The summed E-state index contributed by atoms with van der Waals surface area (Å²) in [7, 11) is 0. The minimum atomic E-state index is -0.436. The molecule has 1 saturated heterocycles. The van der Waals surface area contributed by atoms with Crippen LogP contribution in [0.3, 0.4) is 0 Å². The maximum atomic E-state index is 13.7. The summed E-state index contributed by atoms with van der Waals surface area (Å²) in [5.74, 6) is -0.316. The van der Waals surface area contributed by atoms with Crippen LogP contribution in [-0.2, 0) is 6.54 Å². The fourth-order valence-electron chi connectivity index (χ4n) is 3.09. The van der Waals surface area contributed by atoms with E-state index in [0.29, 0.717) is 18.5 Å². The Bertz CT molecular complexity index is 430. The number of hydrogen-bond donors (Lipinski definition) is 1. The van der Waals surface area contributed by atoms with E-state index in [1.165, 1.54) is 24.6 Å². The van der Waals surface area contributed by atoms with E-state index >= 15 is 0 Å². The Morgan fingerprint density at radius 1 is 1.33 bits per heavy atom. The molecule has 0 saturated carbocycles. The predicted molar refractivity (Wildman–Crippen MR) is 82.1 cm³/mol. The molecule has 0 aromatic heterocycles. The zero-order valence-electron chi connectivity index (χ0n) is 13.0. The average molecular weight is 296 g/mol. The molecule has 1 N–H and O–H groups in total. The molecule has 1 aromatic rings. The van der Waals surface area contributed by atoms with Gasteiger partial charge < -0.3 is 5.32 Å². The Morgan fingerprint density at radius 3 is 2.71 bits per heavy atom. The molecule has 2 nitrogen and oxygen atoms in total. The highest BCUT2D eigenvalue weighted by Crippen LogP contribution is 2.23. The first-order valence-electron chi connectivity index (χ1n) is 8.00. The van der Waals surface area contributed by atoms with Crippen LogP contribution >= 0.6 is 0 Å². The van der Waals surface area contributed by atoms with Crippen LogP contribution in [0, 0.1) is 17.6 Å². The first-order chi connectivity index (χ1) is 10.1. The van der Waals surface area contributed by atoms with Gasteiger partial charge in [0.25, 0.3) is 0 Å². The van der Waals surface area contributed by atoms with Crippen molar-refractivity contribution in [1.29, 1.82) is 0 Å². The van der Waals surface area contributed by atoms with E-state index in [-0.39, 0.29) is 5.56 Å². The van der Waals surface area contributed by atoms with Crippen LogP contribution in [0.4, 0.5) is 8.78 Å². The minimum absolute atomic E-state index is 0.201. The standard InChI is InChI=1S/C17H26F2N2/c1-3-9-20-13(2)14-6-5-10-21(11-14)12-15-16(18)7-4-8-17(15)19/h4,7-8,13-14,20H,3,5-6,9-12H2,1-2H3. The zero-order chi connectivity index (χ0) is 15.2. The second-order valence-electron chi connectivity index (χ2n) is 6.08. The number of nitrogens with zero attached hydrogens (tertiary/aromatic N) is 1. The van der Waals surface area contributed by atoms with E-state index in [1.807, 2.05) is 0 Å². The Hall–Kier alpha value is -1.00. The molecule has 0 amide bonds. The van der Waals surface area contributed by atoms with Gasteiger partial charge in [0.2, 0.25) is 0 Å². The lowest BCUT2D eigenvalue weighted by molar-refractivity contribution is 0.142. The zero-order valence-corrected chi connectivity index (χ0v) is 13.0. The van der Waals surface area contributed by atoms with Crippen molar-refractivity contribution in [2.75, 3.05) is 19.6 Å². The van der Waals surface area contributed by atoms with Crippen molar-refractivity contribution in [2.45, 2.75) is 45.7 Å². The van der Waals surface area contributed by atoms with Gasteiger partial charge in [-0.15, -0.1) is 0 Å². The average Bonchev–Trinajstić information content (AvgIpc) is 2.49. The van der Waals surface area contributed by atoms with Gasteiger partial charge in [-0.3, -0.25) is 4.90 Å². The number of nitrogens with one attached hydrogen (secondary N) is 1. The molecule has 0 aliphatic carbocycles. The van der Waals surface area contributed by atoms with Crippen molar-refractivity contribution in [2.24, 2.45) is 5.92 Å². The number of benzene rings is 1. The Morgan fingerprint density at radius 2 is 2.05 bits per heavy atom. The van der Waals surface area contributed by atoms with Gasteiger partial charge >= 0.3 is 0 Å². The van der Waals surface area contributed by atoms with Gasteiger partial charge in [0.05, 0.1) is 0 Å². The van der Waals surface area contributed by atoms with Gasteiger partial charge in [0.1, 0.15) is 11.6 Å². The van der Waals surface area contributed by atoms with Gasteiger partial charge in [-0.2, -0.15) is 0 Å². The first-order valence-corrected chi connectivity index (χ1v) is 8.00. The number of likely N-dealkylation sites (tertiary alicyclic amines) is 1. The van der Waals surface area contributed by atoms with Gasteiger partial charge in [0, 0.05) is 24.7 Å². The summed E-state index contributed by atoms with van der Waals surface area (Å²) in [4.78, 5) is 2.18. The molecule has 0 bridgehead atoms. The van der Waals surface area contributed by atoms with Gasteiger partial charge in [-0.25, -0.2) is 8.78 Å². The molecular weight excluding hydrogens is 270 g/mol. The summed E-state index contributed by atoms with van der Waals surface area (Å²) in [6.07, 6.45) is 3.41. The molecule has 1 heterocycles. The van der Waals surface area contributed by atoms with E-state index in [1.54, 1.807) is 0 Å². The van der Waals surface area contributed by atoms with Crippen LogP contribution in [0.5, 0.6) is 0 Å². The molecule has 1 aliphatic rings. The second kappa shape index (κ2) is 7.85. The van der Waals surface area contributed by atoms with E-state index in [0.717, 1.165) is 32.5 Å². The molecule has 2 unspecified atom stereocenters. The lowest BCUT2D eigenvalue weighted by Crippen LogP contribution is -2.44. The first kappa shape index (κ1) is 16.4. The molecule has 2 rings (SSSR count). The van der Waals surface area contributed by atoms with Crippen LogP contribution in [0.2, 0.25) is 0 Å². The molecule has 1 fully saturated rings. The van der Waals surface area contributed by atoms with Crippen LogP contribution < -0.4 is 5.32 Å². The summed E-state index contributed by atoms with van der Waals surface area (Å²) in [6, 6.07) is 4.55. The third kappa shape index (κ3) is 4.48. The van der Waals surface area contributed by atoms with E-state index in [9.17, 15) is 8.78 Å². The highest BCUT2D eigenvalue weighted by molar-refractivity contribution is 5.19. The summed E-state index contributed by atoms with van der Waals surface area (Å²) >= 11 is 0. The van der Waals surface area contributed by atoms with Crippen molar-refractivity contribution >= 4 is 0 Å². The molecule has 0 radical (unpaired) electrons. The lowest BCUT2D eigenvalue weighted by Gasteiger charge is -2.36. The van der Waals surface area contributed by atoms with Gasteiger partial charge in [0.15, 0.2) is 0 Å². The van der Waals surface area contributed by atoms with E-state index < -0.39 is 11.6 Å². The van der Waals surface area contributed by atoms with E-state index in [4.69, 9.17) is 0 Å². The van der Waals surface area contributed by atoms with Crippen LogP contribution in [0.15, 0.2) is 18.2 Å². The third-order valence-corrected chi connectivity index (χ3v) is 4.41. The maximum Gasteiger partial charge on any atom is 0.130 e. The summed E-state index contributed by atoms with van der Waals surface area (Å²) < 4.78 is 27.5. The normalized spacial score (nSPS) is 21.4. The summed E-state index contributed by atoms with van der Waals surface area (Å²) in [5.41, 5.74) is 0.201. The molecule has 1 aromatic carbocycles. The van der Waals surface area contributed by atoms with Crippen LogP contribution in [-0.4, -0.2) is 30.6 Å². The van der Waals surface area contributed by atoms with E-state index in [2.05, 4.69) is 24.1 Å². The number of hydrogen-bond acceptors (Lipinski definition) is 2. The van der Waals surface area contributed by atoms with Crippen molar-refractivity contribution in [3.63, 3.8) is 0 Å². The minimum Gasteiger partial charge on any atom is -0.314 e. The quantitative estimate of drug-likeness (QED) is 0.863. The van der Waals surface area contributed by atoms with Crippen molar-refractivity contribution in [3.8, 4) is 0 Å². The molecule has 118 valence electrons. The van der Waals surface area contributed by atoms with Crippen molar-refractivity contribution < 1.29 is 8.78 Å². The number of halogens is 2. The predicted octanol–water partition coefficient (Wildman–Crippen LogP) is 3.56. The molecular formula is C17H26F2N2. The molecule has 0 spiro atoms. The topological polar surface area (TPSA) is 15.3 Å².